The van der Waals surface area contributed by atoms with Crippen LogP contribution in [0.3, 0.4) is 0 Å². The van der Waals surface area contributed by atoms with Crippen LogP contribution < -0.4 is 0 Å². The molecule has 0 amide bonds. The Balaban J connectivity index is 2.23. The van der Waals surface area contributed by atoms with E-state index in [1.165, 1.54) is 12.8 Å². The largest absolute Gasteiger partial charge is 0.446 e. The predicted molar refractivity (Wildman–Crippen MR) is 116 cm³/mol. The smallest absolute Gasteiger partial charge is 0.294 e. The highest BCUT2D eigenvalue weighted by molar-refractivity contribution is 6.32. The Hall–Kier alpha value is -2.32. The highest BCUT2D eigenvalue weighted by Crippen LogP contribution is 2.49. The van der Waals surface area contributed by atoms with E-state index >= 15 is 0 Å². The summed E-state index contributed by atoms with van der Waals surface area (Å²) in [4.78, 5) is 11.7. The first-order valence-electron chi connectivity index (χ1n) is 9.81. The lowest BCUT2D eigenvalue weighted by atomic mass is 9.73. The van der Waals surface area contributed by atoms with Crippen molar-refractivity contribution in [3.05, 3.63) is 95.1 Å². The van der Waals surface area contributed by atoms with Gasteiger partial charge in [-0.15, -0.1) is 0 Å². The SMILES string of the molecule is C=C/C=C(\C(Cl)=C/C)C(OC=O)(C1=CC(C)C(C2CC2)C=C1)c1ccccc1. The summed E-state index contributed by atoms with van der Waals surface area (Å²) >= 11 is 6.62. The van der Waals surface area contributed by atoms with Crippen LogP contribution in [0.2, 0.25) is 0 Å². The molecule has 0 spiro atoms. The van der Waals surface area contributed by atoms with E-state index in [-0.39, 0.29) is 0 Å². The molecule has 0 saturated heterocycles. The molecule has 0 aromatic heterocycles. The number of carbonyl (C=O) groups is 1. The number of benzene rings is 1. The van der Waals surface area contributed by atoms with Crippen molar-refractivity contribution >= 4 is 18.1 Å². The highest BCUT2D eigenvalue weighted by Gasteiger charge is 2.44. The normalized spacial score (nSPS) is 24.9. The molecule has 0 radical (unpaired) electrons. The Kier molecular flexibility index (Phi) is 6.41. The summed E-state index contributed by atoms with van der Waals surface area (Å²) in [7, 11) is 0. The van der Waals surface area contributed by atoms with Gasteiger partial charge in [0.25, 0.3) is 6.47 Å². The molecular formula is C25H27ClO2. The molecule has 3 unspecified atom stereocenters. The minimum atomic E-state index is -1.12. The standard InChI is InChI=1S/C25H27ClO2/c1-4-9-23(24(26)5-2)25(28-17-27,20-10-7-6-8-11-20)21-14-15-22(18(3)16-21)19-12-13-19/h4-11,14-19,22H,1,12-13H2,2-3H3/b23-9+,24-5+. The van der Waals surface area contributed by atoms with Gasteiger partial charge in [-0.3, -0.25) is 4.79 Å². The lowest BCUT2D eigenvalue weighted by Crippen LogP contribution is -2.36. The van der Waals surface area contributed by atoms with Gasteiger partial charge in [-0.2, -0.15) is 0 Å². The van der Waals surface area contributed by atoms with Gasteiger partial charge in [-0.25, -0.2) is 0 Å². The Morgan fingerprint density at radius 2 is 2.00 bits per heavy atom. The topological polar surface area (TPSA) is 26.3 Å². The molecule has 3 heteroatoms. The third kappa shape index (κ3) is 3.79. The minimum Gasteiger partial charge on any atom is -0.446 e. The maximum atomic E-state index is 11.7. The lowest BCUT2D eigenvalue weighted by molar-refractivity contribution is -0.137. The quantitative estimate of drug-likeness (QED) is 0.373. The molecule has 1 fully saturated rings. The number of hydrogen-bond acceptors (Lipinski definition) is 2. The fraction of sp³-hybridized carbons (Fsp3) is 0.320. The van der Waals surface area contributed by atoms with Gasteiger partial charge < -0.3 is 4.74 Å². The van der Waals surface area contributed by atoms with Gasteiger partial charge in [0.2, 0.25) is 0 Å². The molecule has 0 N–H and O–H groups in total. The molecule has 3 rings (SSSR count). The maximum Gasteiger partial charge on any atom is 0.294 e. The van der Waals surface area contributed by atoms with E-state index in [4.69, 9.17) is 16.3 Å². The van der Waals surface area contributed by atoms with E-state index in [0.717, 1.165) is 17.1 Å². The summed E-state index contributed by atoms with van der Waals surface area (Å²) in [5.41, 5.74) is 1.34. The van der Waals surface area contributed by atoms with Crippen molar-refractivity contribution in [1.29, 1.82) is 0 Å². The van der Waals surface area contributed by atoms with Crippen molar-refractivity contribution in [1.82, 2.24) is 0 Å². The van der Waals surface area contributed by atoms with Crippen LogP contribution in [0.25, 0.3) is 0 Å². The molecule has 1 aromatic rings. The van der Waals surface area contributed by atoms with Gasteiger partial charge in [0.15, 0.2) is 5.60 Å². The van der Waals surface area contributed by atoms with Crippen LogP contribution in [0, 0.1) is 17.8 Å². The molecule has 1 saturated carbocycles. The zero-order valence-electron chi connectivity index (χ0n) is 16.5. The van der Waals surface area contributed by atoms with Gasteiger partial charge in [0.05, 0.1) is 0 Å². The Labute approximate surface area is 172 Å². The summed E-state index contributed by atoms with van der Waals surface area (Å²) in [5.74, 6) is 1.67. The summed E-state index contributed by atoms with van der Waals surface area (Å²) < 4.78 is 5.91. The molecular weight excluding hydrogens is 368 g/mol. The van der Waals surface area contributed by atoms with Crippen LogP contribution in [0.5, 0.6) is 0 Å². The van der Waals surface area contributed by atoms with Gasteiger partial charge in [0, 0.05) is 21.7 Å². The molecule has 2 aliphatic carbocycles. The minimum absolute atomic E-state index is 0.361. The number of ether oxygens (including phenoxy) is 1. The molecule has 0 bridgehead atoms. The second-order valence-electron chi connectivity index (χ2n) is 7.47. The van der Waals surface area contributed by atoms with Crippen molar-refractivity contribution in [2.24, 2.45) is 17.8 Å². The maximum absolute atomic E-state index is 11.7. The van der Waals surface area contributed by atoms with Crippen molar-refractivity contribution < 1.29 is 9.53 Å². The molecule has 28 heavy (non-hydrogen) atoms. The fourth-order valence-corrected chi connectivity index (χ4v) is 4.40. The summed E-state index contributed by atoms with van der Waals surface area (Å²) in [6.07, 6.45) is 14.5. The van der Waals surface area contributed by atoms with E-state index in [1.807, 2.05) is 49.4 Å². The van der Waals surface area contributed by atoms with Crippen molar-refractivity contribution in [3.8, 4) is 0 Å². The Morgan fingerprint density at radius 1 is 1.29 bits per heavy atom. The summed E-state index contributed by atoms with van der Waals surface area (Å²) in [6.45, 7) is 8.46. The van der Waals surface area contributed by atoms with Crippen LogP contribution in [0.1, 0.15) is 32.3 Å². The van der Waals surface area contributed by atoms with E-state index in [1.54, 1.807) is 6.08 Å². The third-order valence-electron chi connectivity index (χ3n) is 5.70. The van der Waals surface area contributed by atoms with Gasteiger partial charge in [-0.05, 0) is 37.5 Å². The number of carbonyl (C=O) groups excluding carboxylic acids is 1. The van der Waals surface area contributed by atoms with Crippen molar-refractivity contribution in [3.63, 3.8) is 0 Å². The van der Waals surface area contributed by atoms with Gasteiger partial charge in [0.1, 0.15) is 0 Å². The van der Waals surface area contributed by atoms with Crippen LogP contribution in [0.15, 0.2) is 89.5 Å². The molecule has 2 nitrogen and oxygen atoms in total. The Bertz CT molecular complexity index is 843. The monoisotopic (exact) mass is 394 g/mol. The second-order valence-corrected chi connectivity index (χ2v) is 7.88. The average Bonchev–Trinajstić information content (AvgIpc) is 3.56. The zero-order valence-corrected chi connectivity index (χ0v) is 17.2. The van der Waals surface area contributed by atoms with E-state index in [0.29, 0.717) is 28.9 Å². The first-order valence-corrected chi connectivity index (χ1v) is 10.2. The molecule has 146 valence electrons. The average molecular weight is 395 g/mol. The predicted octanol–water partition coefficient (Wildman–Crippen LogP) is 6.47. The highest BCUT2D eigenvalue weighted by atomic mass is 35.5. The summed E-state index contributed by atoms with van der Waals surface area (Å²) in [5, 5.41) is 0.525. The lowest BCUT2D eigenvalue weighted by Gasteiger charge is -2.38. The molecule has 2 aliphatic rings. The number of allylic oxidation sites excluding steroid dienone is 5. The molecule has 0 aliphatic heterocycles. The molecule has 3 atom stereocenters. The van der Waals surface area contributed by atoms with Crippen molar-refractivity contribution in [2.75, 3.05) is 0 Å². The van der Waals surface area contributed by atoms with Crippen LogP contribution >= 0.6 is 11.6 Å². The molecule has 0 heterocycles. The zero-order chi connectivity index (χ0) is 20.1. The number of hydrogen-bond donors (Lipinski definition) is 0. The number of rotatable bonds is 8. The van der Waals surface area contributed by atoms with Gasteiger partial charge >= 0.3 is 0 Å². The van der Waals surface area contributed by atoms with E-state index in [2.05, 4.69) is 31.7 Å². The Morgan fingerprint density at radius 3 is 2.54 bits per heavy atom. The van der Waals surface area contributed by atoms with Crippen LogP contribution in [-0.2, 0) is 15.1 Å². The number of halogens is 1. The first kappa shape index (κ1) is 20.4. The second kappa shape index (κ2) is 8.79. The molecule has 1 aromatic carbocycles. The van der Waals surface area contributed by atoms with Crippen LogP contribution in [-0.4, -0.2) is 6.47 Å². The van der Waals surface area contributed by atoms with Gasteiger partial charge in [-0.1, -0.05) is 91.9 Å². The van der Waals surface area contributed by atoms with Crippen LogP contribution in [0.4, 0.5) is 0 Å². The summed E-state index contributed by atoms with van der Waals surface area (Å²) in [6, 6.07) is 9.76. The van der Waals surface area contributed by atoms with E-state index < -0.39 is 5.60 Å². The third-order valence-corrected chi connectivity index (χ3v) is 6.12. The van der Waals surface area contributed by atoms with E-state index in [9.17, 15) is 4.79 Å². The first-order chi connectivity index (χ1) is 13.6. The fourth-order valence-electron chi connectivity index (χ4n) is 4.20. The van der Waals surface area contributed by atoms with Crippen molar-refractivity contribution in [2.45, 2.75) is 32.3 Å².